The number of halogens is 1. The van der Waals surface area contributed by atoms with Crippen molar-refractivity contribution < 1.29 is 9.90 Å². The van der Waals surface area contributed by atoms with Crippen LogP contribution in [0.5, 0.6) is 5.75 Å². The Morgan fingerprint density at radius 2 is 1.75 bits per heavy atom. The molecule has 0 fully saturated rings. The van der Waals surface area contributed by atoms with Crippen molar-refractivity contribution >= 4 is 28.4 Å². The van der Waals surface area contributed by atoms with Gasteiger partial charge in [0.1, 0.15) is 5.75 Å². The number of rotatable bonds is 2. The summed E-state index contributed by atoms with van der Waals surface area (Å²) < 4.78 is 0. The summed E-state index contributed by atoms with van der Waals surface area (Å²) in [6.07, 6.45) is 3.16. The number of hydrogen-bond acceptors (Lipinski definition) is 4. The minimum absolute atomic E-state index is 0.00155. The van der Waals surface area contributed by atoms with E-state index in [-0.39, 0.29) is 17.1 Å². The molecule has 0 aliphatic carbocycles. The Hall–Kier alpha value is -2.46. The van der Waals surface area contributed by atoms with Gasteiger partial charge in [-0.3, -0.25) is 14.8 Å². The summed E-state index contributed by atoms with van der Waals surface area (Å²) in [4.78, 5) is 20.7. The molecule has 98 valence electrons. The molecule has 2 aromatic carbocycles. The van der Waals surface area contributed by atoms with Gasteiger partial charge in [-0.15, -0.1) is 0 Å². The van der Waals surface area contributed by atoms with Crippen molar-refractivity contribution in [3.8, 4) is 5.75 Å². The number of carbonyl (C=O) groups excluding carboxylic acids is 1. The average Bonchev–Trinajstić information content (AvgIpc) is 2.48. The fourth-order valence-corrected chi connectivity index (χ4v) is 2.15. The first-order chi connectivity index (χ1) is 9.65. The summed E-state index contributed by atoms with van der Waals surface area (Å²) in [6, 6.07) is 9.33. The molecule has 0 saturated heterocycles. The van der Waals surface area contributed by atoms with Crippen molar-refractivity contribution in [3.05, 3.63) is 64.9 Å². The molecule has 0 saturated carbocycles. The number of ketones is 1. The van der Waals surface area contributed by atoms with Crippen LogP contribution in [0.3, 0.4) is 0 Å². The summed E-state index contributed by atoms with van der Waals surface area (Å²) in [5, 5.41) is 9.77. The molecule has 0 amide bonds. The Morgan fingerprint density at radius 3 is 2.55 bits per heavy atom. The topological polar surface area (TPSA) is 63.1 Å². The fourth-order valence-electron chi connectivity index (χ4n) is 1.95. The monoisotopic (exact) mass is 284 g/mol. The van der Waals surface area contributed by atoms with E-state index in [9.17, 15) is 9.90 Å². The number of hydrogen-bond donors (Lipinski definition) is 1. The van der Waals surface area contributed by atoms with Gasteiger partial charge in [-0.1, -0.05) is 11.6 Å². The van der Waals surface area contributed by atoms with Crippen molar-refractivity contribution in [2.45, 2.75) is 0 Å². The lowest BCUT2D eigenvalue weighted by atomic mass is 10.0. The average molecular weight is 285 g/mol. The summed E-state index contributed by atoms with van der Waals surface area (Å²) in [7, 11) is 0. The lowest BCUT2D eigenvalue weighted by Gasteiger charge is -2.05. The smallest absolute Gasteiger partial charge is 0.194 e. The van der Waals surface area contributed by atoms with Crippen LogP contribution < -0.4 is 0 Å². The third kappa shape index (κ3) is 2.21. The Morgan fingerprint density at radius 1 is 1.00 bits per heavy atom. The van der Waals surface area contributed by atoms with E-state index < -0.39 is 0 Å². The van der Waals surface area contributed by atoms with Crippen LogP contribution in [0.15, 0.2) is 48.8 Å². The molecule has 3 aromatic rings. The second kappa shape index (κ2) is 4.90. The molecule has 0 unspecified atom stereocenters. The molecule has 0 spiro atoms. The van der Waals surface area contributed by atoms with Gasteiger partial charge in [0.25, 0.3) is 0 Å². The predicted octanol–water partition coefficient (Wildman–Crippen LogP) is 3.22. The van der Waals surface area contributed by atoms with Crippen molar-refractivity contribution in [2.75, 3.05) is 0 Å². The molecule has 3 rings (SSSR count). The van der Waals surface area contributed by atoms with E-state index in [2.05, 4.69) is 9.97 Å². The number of phenols is 1. The molecular weight excluding hydrogens is 276 g/mol. The molecule has 1 heterocycles. The van der Waals surface area contributed by atoms with Gasteiger partial charge in [-0.2, -0.15) is 0 Å². The highest BCUT2D eigenvalue weighted by Gasteiger charge is 2.14. The standard InChI is InChI=1S/C15H9ClN2O2/c16-12-3-2-10(19)8-11(12)15(20)9-1-4-13-14(7-9)18-6-5-17-13/h1-8,19H. The van der Waals surface area contributed by atoms with Crippen LogP contribution in [-0.2, 0) is 0 Å². The minimum Gasteiger partial charge on any atom is -0.508 e. The number of phenolic OH excluding ortho intramolecular Hbond substituents is 1. The largest absolute Gasteiger partial charge is 0.508 e. The number of aromatic hydroxyl groups is 1. The molecule has 0 bridgehead atoms. The predicted molar refractivity (Wildman–Crippen MR) is 76.1 cm³/mol. The number of nitrogens with zero attached hydrogens (tertiary/aromatic N) is 2. The van der Waals surface area contributed by atoms with Gasteiger partial charge in [0, 0.05) is 23.5 Å². The first-order valence-electron chi connectivity index (χ1n) is 5.89. The second-order valence-corrected chi connectivity index (χ2v) is 4.66. The van der Waals surface area contributed by atoms with Crippen molar-refractivity contribution in [2.24, 2.45) is 0 Å². The van der Waals surface area contributed by atoms with Crippen LogP contribution >= 0.6 is 11.6 Å². The number of benzene rings is 2. The third-order valence-corrected chi connectivity index (χ3v) is 3.26. The van der Waals surface area contributed by atoms with Gasteiger partial charge in [0.05, 0.1) is 16.1 Å². The van der Waals surface area contributed by atoms with Gasteiger partial charge in [-0.25, -0.2) is 0 Å². The van der Waals surface area contributed by atoms with E-state index in [0.717, 1.165) is 0 Å². The molecule has 1 N–H and O–H groups in total. The van der Waals surface area contributed by atoms with Crippen LogP contribution in [0, 0.1) is 0 Å². The Labute approximate surface area is 119 Å². The molecule has 0 atom stereocenters. The number of carbonyl (C=O) groups is 1. The van der Waals surface area contributed by atoms with Crippen LogP contribution in [0.4, 0.5) is 0 Å². The van der Waals surface area contributed by atoms with Crippen molar-refractivity contribution in [1.82, 2.24) is 9.97 Å². The zero-order chi connectivity index (χ0) is 14.1. The van der Waals surface area contributed by atoms with Gasteiger partial charge in [0.15, 0.2) is 5.78 Å². The lowest BCUT2D eigenvalue weighted by Crippen LogP contribution is -2.02. The summed E-state index contributed by atoms with van der Waals surface area (Å²) in [6.45, 7) is 0. The van der Waals surface area contributed by atoms with Crippen LogP contribution in [0.25, 0.3) is 11.0 Å². The Balaban J connectivity index is 2.10. The van der Waals surface area contributed by atoms with E-state index in [1.54, 1.807) is 30.6 Å². The number of aromatic nitrogens is 2. The van der Waals surface area contributed by atoms with Crippen LogP contribution in [-0.4, -0.2) is 20.9 Å². The summed E-state index contributed by atoms with van der Waals surface area (Å²) >= 11 is 6.00. The van der Waals surface area contributed by atoms with Crippen molar-refractivity contribution in [1.29, 1.82) is 0 Å². The molecule has 0 radical (unpaired) electrons. The maximum Gasteiger partial charge on any atom is 0.194 e. The minimum atomic E-state index is -0.265. The molecule has 20 heavy (non-hydrogen) atoms. The van der Waals surface area contributed by atoms with Crippen molar-refractivity contribution in [3.63, 3.8) is 0 Å². The van der Waals surface area contributed by atoms with E-state index in [0.29, 0.717) is 21.6 Å². The van der Waals surface area contributed by atoms with Gasteiger partial charge < -0.3 is 5.11 Å². The molecule has 0 aliphatic rings. The molecule has 1 aromatic heterocycles. The quantitative estimate of drug-likeness (QED) is 0.734. The highest BCUT2D eigenvalue weighted by Crippen LogP contribution is 2.24. The first kappa shape index (κ1) is 12.6. The third-order valence-electron chi connectivity index (χ3n) is 2.93. The maximum atomic E-state index is 12.4. The Kier molecular flexibility index (Phi) is 3.08. The normalized spacial score (nSPS) is 10.7. The van der Waals surface area contributed by atoms with E-state index >= 15 is 0 Å². The molecule has 4 nitrogen and oxygen atoms in total. The first-order valence-corrected chi connectivity index (χ1v) is 6.27. The second-order valence-electron chi connectivity index (χ2n) is 4.25. The zero-order valence-electron chi connectivity index (χ0n) is 10.2. The maximum absolute atomic E-state index is 12.4. The number of fused-ring (bicyclic) bond motifs is 1. The molecular formula is C15H9ClN2O2. The van der Waals surface area contributed by atoms with Gasteiger partial charge in [0.2, 0.25) is 0 Å². The zero-order valence-corrected chi connectivity index (χ0v) is 11.0. The van der Waals surface area contributed by atoms with Crippen LogP contribution in [0.2, 0.25) is 5.02 Å². The highest BCUT2D eigenvalue weighted by atomic mass is 35.5. The van der Waals surface area contributed by atoms with E-state index in [1.807, 2.05) is 0 Å². The molecule has 5 heteroatoms. The lowest BCUT2D eigenvalue weighted by molar-refractivity contribution is 0.103. The SMILES string of the molecule is O=C(c1ccc2nccnc2c1)c1cc(O)ccc1Cl. The fraction of sp³-hybridized carbons (Fsp3) is 0. The summed E-state index contributed by atoms with van der Waals surface area (Å²) in [5.41, 5.74) is 2.06. The van der Waals surface area contributed by atoms with Crippen LogP contribution in [0.1, 0.15) is 15.9 Å². The van der Waals surface area contributed by atoms with E-state index in [1.165, 1.54) is 18.2 Å². The van der Waals surface area contributed by atoms with E-state index in [4.69, 9.17) is 11.6 Å². The Bertz CT molecular complexity index is 818. The molecule has 0 aliphatic heterocycles. The van der Waals surface area contributed by atoms with Gasteiger partial charge >= 0.3 is 0 Å². The highest BCUT2D eigenvalue weighted by molar-refractivity contribution is 6.35. The summed E-state index contributed by atoms with van der Waals surface area (Å²) in [5.74, 6) is -0.267. The van der Waals surface area contributed by atoms with Gasteiger partial charge in [-0.05, 0) is 36.4 Å².